The van der Waals surface area contributed by atoms with Gasteiger partial charge in [-0.05, 0) is 34.9 Å². The summed E-state index contributed by atoms with van der Waals surface area (Å²) in [5.41, 5.74) is 6.33. The van der Waals surface area contributed by atoms with Gasteiger partial charge < -0.3 is 40.8 Å². The van der Waals surface area contributed by atoms with Crippen molar-refractivity contribution in [1.82, 2.24) is 0 Å². The summed E-state index contributed by atoms with van der Waals surface area (Å²) >= 11 is 0. The number of nitrogens with one attached hydrogen (secondary N) is 1. The molecule has 1 N–H and O–H groups in total. The largest absolute Gasteiger partial charge is 1.00 e. The third-order valence-electron chi connectivity index (χ3n) is 5.83. The Morgan fingerprint density at radius 3 is 2.11 bits per heavy atom. The molecule has 2 atom stereocenters. The molecule has 0 fully saturated rings. The van der Waals surface area contributed by atoms with Crippen LogP contribution >= 0.6 is 0 Å². The number of ether oxygens (including phenoxy) is 4. The van der Waals surface area contributed by atoms with Gasteiger partial charge in [0.05, 0.1) is 42.0 Å². The lowest BCUT2D eigenvalue weighted by molar-refractivity contribution is -0.914. The number of likely N-dealkylation sites (N-methyl/N-ethyl adjacent to an activating group) is 1. The Kier molecular flexibility index (Phi) is 5.58. The van der Waals surface area contributed by atoms with Crippen molar-refractivity contribution in [2.24, 2.45) is 0 Å². The van der Waals surface area contributed by atoms with Gasteiger partial charge >= 0.3 is 0 Å². The van der Waals surface area contributed by atoms with Gasteiger partial charge in [-0.15, -0.1) is 0 Å². The first-order valence-electron chi connectivity index (χ1n) is 8.98. The molecule has 0 radical (unpaired) electrons. The number of hydrogen-bond acceptors (Lipinski definition) is 4. The SMILES string of the molecule is COc1cc2c(cc1OC)-c1c(OC)c(OC)cc3c1[C@@H](C2)[NH+](C)CC3.[Br-]. The number of hydrogen-bond donors (Lipinski definition) is 1. The van der Waals surface area contributed by atoms with Crippen molar-refractivity contribution in [2.45, 2.75) is 18.9 Å². The summed E-state index contributed by atoms with van der Waals surface area (Å²) in [6.07, 6.45) is 2.03. The lowest BCUT2D eigenvalue weighted by Crippen LogP contribution is -3.10. The van der Waals surface area contributed by atoms with Gasteiger partial charge in [0.15, 0.2) is 23.0 Å². The van der Waals surface area contributed by atoms with Gasteiger partial charge in [0.25, 0.3) is 0 Å². The molecule has 0 amide bonds. The van der Waals surface area contributed by atoms with Crippen LogP contribution in [0.25, 0.3) is 11.1 Å². The first kappa shape index (κ1) is 19.8. The van der Waals surface area contributed by atoms with Crippen molar-refractivity contribution in [3.05, 3.63) is 34.9 Å². The number of fused-ring (bicyclic) bond motifs is 2. The maximum absolute atomic E-state index is 5.82. The van der Waals surface area contributed by atoms with Crippen molar-refractivity contribution in [1.29, 1.82) is 0 Å². The summed E-state index contributed by atoms with van der Waals surface area (Å²) < 4.78 is 22.6. The van der Waals surface area contributed by atoms with Crippen LogP contribution in [-0.4, -0.2) is 42.0 Å². The maximum atomic E-state index is 5.82. The Labute approximate surface area is 170 Å². The van der Waals surface area contributed by atoms with Crippen LogP contribution in [0.3, 0.4) is 0 Å². The Bertz CT molecular complexity index is 868. The van der Waals surface area contributed by atoms with E-state index in [4.69, 9.17) is 18.9 Å². The van der Waals surface area contributed by atoms with Crippen LogP contribution in [0, 0.1) is 0 Å². The normalized spacial score (nSPS) is 19.3. The minimum Gasteiger partial charge on any atom is -1.00 e. The van der Waals surface area contributed by atoms with Crippen molar-refractivity contribution >= 4 is 0 Å². The molecule has 0 saturated heterocycles. The molecule has 0 aromatic heterocycles. The molecule has 1 aliphatic carbocycles. The molecule has 2 aromatic carbocycles. The zero-order valence-corrected chi connectivity index (χ0v) is 18.0. The number of rotatable bonds is 4. The Balaban J connectivity index is 0.00000210. The van der Waals surface area contributed by atoms with E-state index in [9.17, 15) is 0 Å². The minimum atomic E-state index is 0. The van der Waals surface area contributed by atoms with Crippen LogP contribution in [0.4, 0.5) is 0 Å². The molecule has 0 saturated carbocycles. The van der Waals surface area contributed by atoms with Crippen molar-refractivity contribution in [3.8, 4) is 34.1 Å². The third kappa shape index (κ3) is 2.95. The molecule has 0 spiro atoms. The summed E-state index contributed by atoms with van der Waals surface area (Å²) in [7, 11) is 9.05. The highest BCUT2D eigenvalue weighted by atomic mass is 79.9. The molecule has 2 aliphatic rings. The summed E-state index contributed by atoms with van der Waals surface area (Å²) in [5.74, 6) is 3.10. The molecule has 5 nitrogen and oxygen atoms in total. The average Bonchev–Trinajstić information content (AvgIpc) is 2.68. The van der Waals surface area contributed by atoms with E-state index in [1.54, 1.807) is 28.4 Å². The molecular weight excluding hydrogens is 410 g/mol. The maximum Gasteiger partial charge on any atom is 0.169 e. The number of halogens is 1. The van der Waals surface area contributed by atoms with Crippen molar-refractivity contribution in [2.75, 3.05) is 42.0 Å². The lowest BCUT2D eigenvalue weighted by Gasteiger charge is -2.38. The zero-order valence-electron chi connectivity index (χ0n) is 16.4. The fourth-order valence-corrected chi connectivity index (χ4v) is 4.51. The van der Waals surface area contributed by atoms with Crippen molar-refractivity contribution in [3.63, 3.8) is 0 Å². The number of methoxy groups -OCH3 is 4. The molecule has 4 rings (SSSR count). The first-order chi connectivity index (χ1) is 12.6. The standard InChI is InChI=1S/C21H25NO4.BrH/c1-22-7-6-12-9-18(25-4)21(26-5)20-14-11-17(24-3)16(23-2)10-13(14)8-15(22)19(12)20;/h9-11,15H,6-8H2,1-5H3;1H/t15-;/m1./s1. The van der Waals surface area contributed by atoms with Gasteiger partial charge in [0, 0.05) is 24.0 Å². The Morgan fingerprint density at radius 1 is 0.852 bits per heavy atom. The van der Waals surface area contributed by atoms with Crippen molar-refractivity contribution < 1.29 is 40.8 Å². The van der Waals surface area contributed by atoms with E-state index in [0.717, 1.165) is 53.5 Å². The van der Waals surface area contributed by atoms with E-state index in [2.05, 4.69) is 25.2 Å². The second kappa shape index (κ2) is 7.60. The topological polar surface area (TPSA) is 41.4 Å². The van der Waals surface area contributed by atoms with Crippen LogP contribution in [0.15, 0.2) is 18.2 Å². The van der Waals surface area contributed by atoms with Gasteiger partial charge in [-0.2, -0.15) is 0 Å². The quantitative estimate of drug-likeness (QED) is 0.672. The second-order valence-corrected chi connectivity index (χ2v) is 7.03. The van der Waals surface area contributed by atoms with Crippen LogP contribution in [0.2, 0.25) is 0 Å². The highest BCUT2D eigenvalue weighted by Gasteiger charge is 2.39. The molecule has 2 aromatic rings. The summed E-state index contributed by atoms with van der Waals surface area (Å²) in [6, 6.07) is 6.76. The average molecular weight is 436 g/mol. The third-order valence-corrected chi connectivity index (χ3v) is 5.83. The van der Waals surface area contributed by atoms with Crippen LogP contribution in [0.5, 0.6) is 23.0 Å². The van der Waals surface area contributed by atoms with Gasteiger partial charge in [-0.3, -0.25) is 0 Å². The van der Waals surface area contributed by atoms with Gasteiger partial charge in [0.2, 0.25) is 0 Å². The lowest BCUT2D eigenvalue weighted by atomic mass is 9.76. The molecule has 1 heterocycles. The first-order valence-corrected chi connectivity index (χ1v) is 8.98. The molecule has 0 bridgehead atoms. The fourth-order valence-electron chi connectivity index (χ4n) is 4.51. The summed E-state index contributed by atoms with van der Waals surface area (Å²) in [5, 5.41) is 0. The highest BCUT2D eigenvalue weighted by molar-refractivity contribution is 5.84. The van der Waals surface area contributed by atoms with E-state index < -0.39 is 0 Å². The zero-order chi connectivity index (χ0) is 18.4. The molecule has 1 aliphatic heterocycles. The van der Waals surface area contributed by atoms with Crippen LogP contribution in [-0.2, 0) is 12.8 Å². The van der Waals surface area contributed by atoms with E-state index in [1.807, 2.05) is 0 Å². The predicted molar refractivity (Wildman–Crippen MR) is 100.0 cm³/mol. The molecule has 146 valence electrons. The second-order valence-electron chi connectivity index (χ2n) is 7.03. The number of quaternary nitrogens is 1. The van der Waals surface area contributed by atoms with E-state index in [-0.39, 0.29) is 17.0 Å². The van der Waals surface area contributed by atoms with Gasteiger partial charge in [-0.25, -0.2) is 0 Å². The monoisotopic (exact) mass is 435 g/mol. The molecular formula is C21H26BrNO4. The molecule has 1 unspecified atom stereocenters. The predicted octanol–water partition coefficient (Wildman–Crippen LogP) is -0.940. The Morgan fingerprint density at radius 2 is 1.48 bits per heavy atom. The van der Waals surface area contributed by atoms with Gasteiger partial charge in [0.1, 0.15) is 6.04 Å². The van der Waals surface area contributed by atoms with E-state index >= 15 is 0 Å². The highest BCUT2D eigenvalue weighted by Crippen LogP contribution is 2.51. The minimum absolute atomic E-state index is 0. The summed E-state index contributed by atoms with van der Waals surface area (Å²) in [6.45, 7) is 1.12. The Hall–Kier alpha value is -1.92. The molecule has 27 heavy (non-hydrogen) atoms. The van der Waals surface area contributed by atoms with Crippen LogP contribution < -0.4 is 40.8 Å². The fraction of sp³-hybridized carbons (Fsp3) is 0.429. The van der Waals surface area contributed by atoms with Crippen LogP contribution in [0.1, 0.15) is 22.7 Å². The summed E-state index contributed by atoms with van der Waals surface area (Å²) in [4.78, 5) is 1.53. The van der Waals surface area contributed by atoms with E-state index in [0.29, 0.717) is 6.04 Å². The van der Waals surface area contributed by atoms with Gasteiger partial charge in [-0.1, -0.05) is 0 Å². The molecule has 6 heteroatoms. The number of benzene rings is 2. The van der Waals surface area contributed by atoms with E-state index in [1.165, 1.54) is 21.6 Å². The smallest absolute Gasteiger partial charge is 0.169 e.